The van der Waals surface area contributed by atoms with Crippen molar-refractivity contribution in [1.29, 1.82) is 0 Å². The van der Waals surface area contributed by atoms with Crippen LogP contribution in [0.3, 0.4) is 0 Å². The number of carbonyl (C=O) groups excluding carboxylic acids is 1. The lowest BCUT2D eigenvalue weighted by molar-refractivity contribution is -0.146. The summed E-state index contributed by atoms with van der Waals surface area (Å²) in [5, 5.41) is 22.8. The van der Waals surface area contributed by atoms with Crippen LogP contribution in [0.1, 0.15) is 19.3 Å². The number of nitrogens with one attached hydrogen (secondary N) is 2. The van der Waals surface area contributed by atoms with Crippen LogP contribution < -0.4 is 10.6 Å². The molecular formula is C9H16N2O4. The molecule has 0 aliphatic carbocycles. The Balaban J connectivity index is 2.15. The molecule has 2 atom stereocenters. The van der Waals surface area contributed by atoms with Crippen molar-refractivity contribution >= 4 is 11.9 Å². The Bertz CT molecular complexity index is 238. The highest BCUT2D eigenvalue weighted by Gasteiger charge is 2.19. The summed E-state index contributed by atoms with van der Waals surface area (Å²) in [5.41, 5.74) is 0. The molecule has 0 bridgehead atoms. The Hall–Kier alpha value is -1.14. The van der Waals surface area contributed by atoms with Crippen molar-refractivity contribution in [3.8, 4) is 0 Å². The minimum absolute atomic E-state index is 0.187. The van der Waals surface area contributed by atoms with Crippen LogP contribution in [-0.2, 0) is 9.59 Å². The van der Waals surface area contributed by atoms with Crippen molar-refractivity contribution in [3.05, 3.63) is 0 Å². The van der Waals surface area contributed by atoms with Crippen molar-refractivity contribution in [2.24, 2.45) is 0 Å². The monoisotopic (exact) mass is 216 g/mol. The van der Waals surface area contributed by atoms with E-state index in [-0.39, 0.29) is 18.5 Å². The topological polar surface area (TPSA) is 98.7 Å². The zero-order chi connectivity index (χ0) is 11.3. The van der Waals surface area contributed by atoms with Gasteiger partial charge in [-0.3, -0.25) is 4.79 Å². The highest BCUT2D eigenvalue weighted by atomic mass is 16.4. The second-order valence-corrected chi connectivity index (χ2v) is 3.66. The fourth-order valence-electron chi connectivity index (χ4n) is 1.52. The lowest BCUT2D eigenvalue weighted by Gasteiger charge is -2.11. The Kier molecular flexibility index (Phi) is 4.51. The molecule has 6 nitrogen and oxygen atoms in total. The molecule has 86 valence electrons. The maximum Gasteiger partial charge on any atom is 0.334 e. The van der Waals surface area contributed by atoms with Gasteiger partial charge in [0, 0.05) is 12.5 Å². The number of aliphatic hydroxyl groups is 1. The first-order valence-corrected chi connectivity index (χ1v) is 5.00. The molecule has 0 spiro atoms. The van der Waals surface area contributed by atoms with Gasteiger partial charge in [0.25, 0.3) is 0 Å². The summed E-state index contributed by atoms with van der Waals surface area (Å²) in [4.78, 5) is 21.5. The Labute approximate surface area is 87.7 Å². The van der Waals surface area contributed by atoms with E-state index in [1.54, 1.807) is 0 Å². The number of carbonyl (C=O) groups is 2. The van der Waals surface area contributed by atoms with Crippen molar-refractivity contribution < 1.29 is 19.8 Å². The summed E-state index contributed by atoms with van der Waals surface area (Å²) >= 11 is 0. The van der Waals surface area contributed by atoms with Crippen LogP contribution in [0, 0.1) is 0 Å². The molecule has 4 N–H and O–H groups in total. The van der Waals surface area contributed by atoms with Gasteiger partial charge in [0.05, 0.1) is 6.54 Å². The summed E-state index contributed by atoms with van der Waals surface area (Å²) < 4.78 is 0. The lowest BCUT2D eigenvalue weighted by Crippen LogP contribution is -2.38. The first-order valence-electron chi connectivity index (χ1n) is 5.00. The molecule has 2 unspecified atom stereocenters. The molecule has 1 heterocycles. The lowest BCUT2D eigenvalue weighted by atomic mass is 10.1. The molecule has 6 heteroatoms. The number of amides is 1. The molecule has 0 aromatic carbocycles. The highest BCUT2D eigenvalue weighted by molar-refractivity contribution is 5.78. The van der Waals surface area contributed by atoms with Gasteiger partial charge in [0.15, 0.2) is 6.10 Å². The average molecular weight is 216 g/mol. The number of aliphatic hydroxyl groups excluding tert-OH is 1. The summed E-state index contributed by atoms with van der Waals surface area (Å²) in [5.74, 6) is -1.55. The summed E-state index contributed by atoms with van der Waals surface area (Å²) in [6, 6.07) is 0.187. The number of aliphatic carboxylic acids is 1. The fraction of sp³-hybridized carbons (Fsp3) is 0.778. The first kappa shape index (κ1) is 11.9. The molecule has 1 amide bonds. The number of hydrogen-bond acceptors (Lipinski definition) is 4. The van der Waals surface area contributed by atoms with Crippen LogP contribution in [0.15, 0.2) is 0 Å². The Morgan fingerprint density at radius 1 is 1.53 bits per heavy atom. The molecule has 1 fully saturated rings. The van der Waals surface area contributed by atoms with Gasteiger partial charge in [-0.1, -0.05) is 0 Å². The summed E-state index contributed by atoms with van der Waals surface area (Å²) in [6.07, 6.45) is 0.849. The van der Waals surface area contributed by atoms with E-state index in [1.807, 2.05) is 0 Å². The van der Waals surface area contributed by atoms with Gasteiger partial charge in [0.1, 0.15) is 0 Å². The third-order valence-corrected chi connectivity index (χ3v) is 2.37. The maximum absolute atomic E-state index is 11.3. The van der Waals surface area contributed by atoms with Crippen molar-refractivity contribution in [2.75, 3.05) is 13.1 Å². The predicted octanol–water partition coefficient (Wildman–Crippen LogP) is -1.31. The molecule has 0 radical (unpaired) electrons. The zero-order valence-corrected chi connectivity index (χ0v) is 8.40. The van der Waals surface area contributed by atoms with E-state index in [0.29, 0.717) is 6.42 Å². The molecule has 15 heavy (non-hydrogen) atoms. The molecule has 0 aromatic rings. The molecule has 0 saturated carbocycles. The second kappa shape index (κ2) is 5.67. The Morgan fingerprint density at radius 3 is 2.80 bits per heavy atom. The minimum atomic E-state index is -1.52. The van der Waals surface area contributed by atoms with Gasteiger partial charge in [-0.05, 0) is 19.4 Å². The van der Waals surface area contributed by atoms with Gasteiger partial charge < -0.3 is 20.8 Å². The standard InChI is InChI=1S/C9H16N2O4/c12-7(9(14)15)5-11-8(13)4-6-2-1-3-10-6/h6-7,10,12H,1-5H2,(H,11,13)(H,14,15). The van der Waals surface area contributed by atoms with E-state index in [0.717, 1.165) is 19.4 Å². The predicted molar refractivity (Wildman–Crippen MR) is 52.3 cm³/mol. The van der Waals surface area contributed by atoms with Crippen LogP contribution in [0.25, 0.3) is 0 Å². The maximum atomic E-state index is 11.3. The normalized spacial score (nSPS) is 22.3. The van der Waals surface area contributed by atoms with E-state index < -0.39 is 12.1 Å². The van der Waals surface area contributed by atoms with Crippen LogP contribution in [0.5, 0.6) is 0 Å². The minimum Gasteiger partial charge on any atom is -0.479 e. The van der Waals surface area contributed by atoms with Crippen LogP contribution in [0.4, 0.5) is 0 Å². The molecule has 0 aromatic heterocycles. The number of carboxylic acid groups (broad SMARTS) is 1. The van der Waals surface area contributed by atoms with Crippen LogP contribution in [-0.4, -0.2) is 47.3 Å². The van der Waals surface area contributed by atoms with Gasteiger partial charge in [-0.15, -0.1) is 0 Å². The van der Waals surface area contributed by atoms with Crippen molar-refractivity contribution in [3.63, 3.8) is 0 Å². The smallest absolute Gasteiger partial charge is 0.334 e. The van der Waals surface area contributed by atoms with Gasteiger partial charge in [-0.25, -0.2) is 4.79 Å². The zero-order valence-electron chi connectivity index (χ0n) is 8.40. The second-order valence-electron chi connectivity index (χ2n) is 3.66. The van der Waals surface area contributed by atoms with E-state index in [4.69, 9.17) is 10.2 Å². The molecule has 1 rings (SSSR count). The molecule has 1 aliphatic rings. The van der Waals surface area contributed by atoms with Crippen LogP contribution in [0.2, 0.25) is 0 Å². The summed E-state index contributed by atoms with van der Waals surface area (Å²) in [6.45, 7) is 0.691. The summed E-state index contributed by atoms with van der Waals surface area (Å²) in [7, 11) is 0. The number of hydrogen-bond donors (Lipinski definition) is 4. The van der Waals surface area contributed by atoms with Gasteiger partial charge in [-0.2, -0.15) is 0 Å². The number of rotatable bonds is 5. The van der Waals surface area contributed by atoms with Crippen molar-refractivity contribution in [2.45, 2.75) is 31.4 Å². The van der Waals surface area contributed by atoms with Gasteiger partial charge in [0.2, 0.25) is 5.91 Å². The highest BCUT2D eigenvalue weighted by Crippen LogP contribution is 2.07. The Morgan fingerprint density at radius 2 is 2.27 bits per heavy atom. The third kappa shape index (κ3) is 4.26. The fourth-order valence-corrected chi connectivity index (χ4v) is 1.52. The first-order chi connectivity index (χ1) is 7.09. The number of carboxylic acids is 1. The van der Waals surface area contributed by atoms with E-state index in [9.17, 15) is 9.59 Å². The average Bonchev–Trinajstić information content (AvgIpc) is 2.66. The largest absolute Gasteiger partial charge is 0.479 e. The van der Waals surface area contributed by atoms with E-state index in [1.165, 1.54) is 0 Å². The quantitative estimate of drug-likeness (QED) is 0.457. The molecule has 1 saturated heterocycles. The van der Waals surface area contributed by atoms with Crippen LogP contribution >= 0.6 is 0 Å². The van der Waals surface area contributed by atoms with Crippen molar-refractivity contribution in [1.82, 2.24) is 10.6 Å². The third-order valence-electron chi connectivity index (χ3n) is 2.37. The molecular weight excluding hydrogens is 200 g/mol. The van der Waals surface area contributed by atoms with E-state index in [2.05, 4.69) is 10.6 Å². The SMILES string of the molecule is O=C(CC1CCCN1)NCC(O)C(=O)O. The van der Waals surface area contributed by atoms with Gasteiger partial charge >= 0.3 is 5.97 Å². The molecule has 1 aliphatic heterocycles. The van der Waals surface area contributed by atoms with E-state index >= 15 is 0 Å².